The molecule has 5 N–H and O–H groups in total. The van der Waals surface area contributed by atoms with E-state index in [0.717, 1.165) is 11.6 Å². The molecule has 0 saturated heterocycles. The number of carbonyl (C=O) groups excluding carboxylic acids is 2. The summed E-state index contributed by atoms with van der Waals surface area (Å²) in [7, 11) is 0. The number of hydrogen-bond acceptors (Lipinski definition) is 4. The van der Waals surface area contributed by atoms with Crippen LogP contribution in [-0.2, 0) is 14.4 Å². The molecule has 0 radical (unpaired) electrons. The van der Waals surface area contributed by atoms with Gasteiger partial charge in [0.1, 0.15) is 0 Å². The minimum absolute atomic E-state index is 0.131. The van der Waals surface area contributed by atoms with Crippen LogP contribution in [0.15, 0.2) is 24.3 Å². The Labute approximate surface area is 121 Å². The fraction of sp³-hybridized carbons (Fsp3) is 0.214. The van der Waals surface area contributed by atoms with Gasteiger partial charge in [-0.2, -0.15) is 0 Å². The Kier molecular flexibility index (Phi) is 5.48. The van der Waals surface area contributed by atoms with E-state index in [1.165, 1.54) is 11.0 Å². The Balaban J connectivity index is 3.06. The van der Waals surface area contributed by atoms with Crippen LogP contribution in [0, 0.1) is 6.92 Å². The van der Waals surface area contributed by atoms with Crippen LogP contribution >= 0.6 is 0 Å². The minimum Gasteiger partial charge on any atom is -0.478 e. The van der Waals surface area contributed by atoms with Crippen molar-refractivity contribution >= 4 is 29.5 Å². The number of nitrogens with zero attached hydrogens (tertiary/aromatic N) is 1. The Hall–Kier alpha value is -2.83. The first-order valence-corrected chi connectivity index (χ1v) is 6.13. The minimum atomic E-state index is -1.04. The van der Waals surface area contributed by atoms with E-state index >= 15 is 0 Å². The van der Waals surface area contributed by atoms with Crippen molar-refractivity contribution in [3.8, 4) is 0 Å². The van der Waals surface area contributed by atoms with Gasteiger partial charge in [0.2, 0.25) is 11.8 Å². The number of nitrogens with two attached hydrogens (primary N) is 2. The van der Waals surface area contributed by atoms with Gasteiger partial charge in [-0.05, 0) is 36.3 Å². The van der Waals surface area contributed by atoms with Crippen molar-refractivity contribution in [3.63, 3.8) is 0 Å². The van der Waals surface area contributed by atoms with Crippen LogP contribution in [0.2, 0.25) is 0 Å². The summed E-state index contributed by atoms with van der Waals surface area (Å²) in [5, 5.41) is 8.59. The first-order chi connectivity index (χ1) is 9.79. The third kappa shape index (κ3) is 5.35. The van der Waals surface area contributed by atoms with Crippen LogP contribution in [0.5, 0.6) is 0 Å². The van der Waals surface area contributed by atoms with E-state index < -0.39 is 17.8 Å². The molecule has 0 spiro atoms. The molecule has 7 heteroatoms. The molecular weight excluding hydrogens is 274 g/mol. The lowest BCUT2D eigenvalue weighted by molar-refractivity contribution is -0.131. The molecule has 112 valence electrons. The number of hydrogen-bond donors (Lipinski definition) is 3. The van der Waals surface area contributed by atoms with Crippen LogP contribution in [0.1, 0.15) is 11.1 Å². The number of amides is 2. The van der Waals surface area contributed by atoms with Gasteiger partial charge in [0.05, 0.1) is 13.1 Å². The van der Waals surface area contributed by atoms with Gasteiger partial charge in [-0.1, -0.05) is 6.07 Å². The predicted octanol–water partition coefficient (Wildman–Crippen LogP) is -0.130. The number of primary amides is 2. The first-order valence-electron chi connectivity index (χ1n) is 6.13. The highest BCUT2D eigenvalue weighted by Gasteiger charge is 2.14. The highest BCUT2D eigenvalue weighted by molar-refractivity contribution is 5.87. The summed E-state index contributed by atoms with van der Waals surface area (Å²) in [6.45, 7) is 1.52. The molecule has 1 aromatic carbocycles. The molecule has 0 saturated carbocycles. The summed E-state index contributed by atoms with van der Waals surface area (Å²) in [4.78, 5) is 34.1. The number of rotatable bonds is 7. The van der Waals surface area contributed by atoms with Gasteiger partial charge in [-0.3, -0.25) is 9.59 Å². The van der Waals surface area contributed by atoms with Crippen molar-refractivity contribution in [2.24, 2.45) is 11.5 Å². The van der Waals surface area contributed by atoms with E-state index in [4.69, 9.17) is 16.6 Å². The second-order valence-electron chi connectivity index (χ2n) is 4.51. The SMILES string of the molecule is Cc1cc(C=CC(=O)O)ccc1N(CC(N)=O)CC(N)=O. The Bertz CT molecular complexity index is 580. The zero-order valence-electron chi connectivity index (χ0n) is 11.6. The monoisotopic (exact) mass is 291 g/mol. The zero-order valence-corrected chi connectivity index (χ0v) is 11.6. The molecule has 0 unspecified atom stereocenters. The summed E-state index contributed by atoms with van der Waals surface area (Å²) < 4.78 is 0. The number of benzene rings is 1. The van der Waals surface area contributed by atoms with Gasteiger partial charge in [0.15, 0.2) is 0 Å². The van der Waals surface area contributed by atoms with Crippen molar-refractivity contribution in [2.75, 3.05) is 18.0 Å². The molecule has 0 aliphatic rings. The summed E-state index contributed by atoms with van der Waals surface area (Å²) in [6, 6.07) is 5.10. The number of carboxylic acid groups (broad SMARTS) is 1. The second kappa shape index (κ2) is 7.09. The number of anilines is 1. The molecule has 0 heterocycles. The summed E-state index contributed by atoms with van der Waals surface area (Å²) in [5.41, 5.74) is 12.4. The Morgan fingerprint density at radius 3 is 2.19 bits per heavy atom. The molecule has 2 amide bonds. The second-order valence-corrected chi connectivity index (χ2v) is 4.51. The smallest absolute Gasteiger partial charge is 0.328 e. The zero-order chi connectivity index (χ0) is 16.0. The van der Waals surface area contributed by atoms with Gasteiger partial charge in [0, 0.05) is 11.8 Å². The summed E-state index contributed by atoms with van der Waals surface area (Å²) >= 11 is 0. The van der Waals surface area contributed by atoms with Gasteiger partial charge in [-0.15, -0.1) is 0 Å². The molecular formula is C14H17N3O4. The lowest BCUT2D eigenvalue weighted by Gasteiger charge is -2.23. The first kappa shape index (κ1) is 16.2. The summed E-state index contributed by atoms with van der Waals surface area (Å²) in [5.74, 6) is -2.20. The molecule has 0 atom stereocenters. The summed E-state index contributed by atoms with van der Waals surface area (Å²) in [6.07, 6.45) is 2.48. The van der Waals surface area contributed by atoms with Crippen LogP contribution in [0.4, 0.5) is 5.69 Å². The molecule has 0 bridgehead atoms. The van der Waals surface area contributed by atoms with Gasteiger partial charge < -0.3 is 21.5 Å². The number of aliphatic carboxylic acids is 1. The molecule has 21 heavy (non-hydrogen) atoms. The van der Waals surface area contributed by atoms with Crippen LogP contribution < -0.4 is 16.4 Å². The highest BCUT2D eigenvalue weighted by atomic mass is 16.4. The lowest BCUT2D eigenvalue weighted by Crippen LogP contribution is -2.40. The Morgan fingerprint density at radius 2 is 1.76 bits per heavy atom. The standard InChI is InChI=1S/C14H17N3O4/c1-9-6-10(3-5-14(20)21)2-4-11(9)17(7-12(15)18)8-13(16)19/h2-6H,7-8H2,1H3,(H2,15,18)(H2,16,19)(H,20,21). The molecule has 0 aliphatic carbocycles. The van der Waals surface area contributed by atoms with Gasteiger partial charge in [0.25, 0.3) is 0 Å². The maximum atomic E-state index is 11.1. The topological polar surface area (TPSA) is 127 Å². The number of carbonyl (C=O) groups is 3. The molecule has 0 fully saturated rings. The highest BCUT2D eigenvalue weighted by Crippen LogP contribution is 2.21. The van der Waals surface area contributed by atoms with Crippen LogP contribution in [0.3, 0.4) is 0 Å². The van der Waals surface area contributed by atoms with Crippen molar-refractivity contribution in [2.45, 2.75) is 6.92 Å². The molecule has 0 aliphatic heterocycles. The predicted molar refractivity (Wildman–Crippen MR) is 78.5 cm³/mol. The molecule has 0 aromatic heterocycles. The van der Waals surface area contributed by atoms with Crippen molar-refractivity contribution in [1.29, 1.82) is 0 Å². The third-order valence-electron chi connectivity index (χ3n) is 2.67. The lowest BCUT2D eigenvalue weighted by atomic mass is 10.1. The van der Waals surface area contributed by atoms with Crippen molar-refractivity contribution < 1.29 is 19.5 Å². The van der Waals surface area contributed by atoms with E-state index in [9.17, 15) is 14.4 Å². The van der Waals surface area contributed by atoms with Gasteiger partial charge >= 0.3 is 5.97 Å². The van der Waals surface area contributed by atoms with E-state index in [-0.39, 0.29) is 13.1 Å². The average Bonchev–Trinajstić information content (AvgIpc) is 2.34. The fourth-order valence-electron chi connectivity index (χ4n) is 1.91. The van der Waals surface area contributed by atoms with E-state index in [0.29, 0.717) is 11.3 Å². The van der Waals surface area contributed by atoms with Crippen molar-refractivity contribution in [1.82, 2.24) is 0 Å². The van der Waals surface area contributed by atoms with E-state index in [1.54, 1.807) is 25.1 Å². The molecule has 1 rings (SSSR count). The van der Waals surface area contributed by atoms with E-state index in [2.05, 4.69) is 0 Å². The van der Waals surface area contributed by atoms with Crippen molar-refractivity contribution in [3.05, 3.63) is 35.4 Å². The van der Waals surface area contributed by atoms with Crippen LogP contribution in [0.25, 0.3) is 6.08 Å². The maximum Gasteiger partial charge on any atom is 0.328 e. The normalized spacial score (nSPS) is 10.5. The number of carboxylic acids is 1. The Morgan fingerprint density at radius 1 is 1.19 bits per heavy atom. The van der Waals surface area contributed by atoms with Gasteiger partial charge in [-0.25, -0.2) is 4.79 Å². The average molecular weight is 291 g/mol. The van der Waals surface area contributed by atoms with Crippen LogP contribution in [-0.4, -0.2) is 36.0 Å². The largest absolute Gasteiger partial charge is 0.478 e. The number of aryl methyl sites for hydroxylation is 1. The van der Waals surface area contributed by atoms with E-state index in [1.807, 2.05) is 0 Å². The quantitative estimate of drug-likeness (QED) is 0.603. The molecule has 7 nitrogen and oxygen atoms in total. The third-order valence-corrected chi connectivity index (χ3v) is 2.67. The molecule has 1 aromatic rings. The maximum absolute atomic E-state index is 11.1. The fourth-order valence-corrected chi connectivity index (χ4v) is 1.91.